The van der Waals surface area contributed by atoms with Crippen LogP contribution < -0.4 is 10.6 Å². The number of anilines is 2. The summed E-state index contributed by atoms with van der Waals surface area (Å²) in [6, 6.07) is 10.9. The third-order valence-electron chi connectivity index (χ3n) is 3.53. The minimum absolute atomic E-state index is 0.121. The first-order valence-corrected chi connectivity index (χ1v) is 9.75. The molecule has 7 nitrogen and oxygen atoms in total. The molecular weight excluding hydrogens is 356 g/mol. The summed E-state index contributed by atoms with van der Waals surface area (Å²) in [4.78, 5) is 24.1. The van der Waals surface area contributed by atoms with Crippen LogP contribution in [0.4, 0.5) is 16.2 Å². The number of sulfone groups is 1. The van der Waals surface area contributed by atoms with Crippen LogP contribution in [0.5, 0.6) is 0 Å². The number of hydrogen-bond donors (Lipinski definition) is 2. The van der Waals surface area contributed by atoms with Gasteiger partial charge < -0.3 is 10.1 Å². The van der Waals surface area contributed by atoms with Gasteiger partial charge in [-0.3, -0.25) is 10.1 Å². The lowest BCUT2D eigenvalue weighted by Gasteiger charge is -2.11. The Morgan fingerprint density at radius 2 is 1.81 bits per heavy atom. The number of nitrogens with one attached hydrogen (secondary N) is 2. The maximum absolute atomic E-state index is 12.5. The SMILES string of the molecule is CCOC(=O)Nc1cccc(C(=O)Nc2cc(S(C)(=O)=O)ccc2C)c1. The van der Waals surface area contributed by atoms with E-state index in [2.05, 4.69) is 10.6 Å². The van der Waals surface area contributed by atoms with Gasteiger partial charge in [0.15, 0.2) is 9.84 Å². The lowest BCUT2D eigenvalue weighted by Crippen LogP contribution is -2.16. The Labute approximate surface area is 152 Å². The molecule has 2 aromatic carbocycles. The van der Waals surface area contributed by atoms with Crippen molar-refractivity contribution in [2.24, 2.45) is 0 Å². The van der Waals surface area contributed by atoms with Gasteiger partial charge in [-0.2, -0.15) is 0 Å². The molecule has 0 saturated heterocycles. The summed E-state index contributed by atoms with van der Waals surface area (Å²) in [5, 5.41) is 5.22. The van der Waals surface area contributed by atoms with Crippen LogP contribution >= 0.6 is 0 Å². The molecule has 0 heterocycles. The molecule has 0 aliphatic rings. The summed E-state index contributed by atoms with van der Waals surface area (Å²) in [5.41, 5.74) is 1.86. The van der Waals surface area contributed by atoms with Crippen LogP contribution in [0.25, 0.3) is 0 Å². The zero-order valence-electron chi connectivity index (χ0n) is 14.7. The van der Waals surface area contributed by atoms with Crippen molar-refractivity contribution in [3.8, 4) is 0 Å². The van der Waals surface area contributed by atoms with E-state index in [1.807, 2.05) is 0 Å². The maximum Gasteiger partial charge on any atom is 0.411 e. The van der Waals surface area contributed by atoms with Crippen molar-refractivity contribution in [2.75, 3.05) is 23.5 Å². The van der Waals surface area contributed by atoms with Gasteiger partial charge in [0.2, 0.25) is 0 Å². The molecule has 138 valence electrons. The molecule has 0 fully saturated rings. The fourth-order valence-corrected chi connectivity index (χ4v) is 2.83. The first-order chi connectivity index (χ1) is 12.2. The molecule has 0 spiro atoms. The third kappa shape index (κ3) is 5.06. The molecule has 2 rings (SSSR count). The molecular formula is C18H20N2O5S. The quantitative estimate of drug-likeness (QED) is 0.834. The zero-order chi connectivity index (χ0) is 19.3. The van der Waals surface area contributed by atoms with Crippen molar-refractivity contribution < 1.29 is 22.7 Å². The zero-order valence-corrected chi connectivity index (χ0v) is 15.5. The lowest BCUT2D eigenvalue weighted by atomic mass is 10.1. The predicted octanol–water partition coefficient (Wildman–Crippen LogP) is 3.22. The number of hydrogen-bond acceptors (Lipinski definition) is 5. The van der Waals surface area contributed by atoms with Gasteiger partial charge in [-0.25, -0.2) is 13.2 Å². The highest BCUT2D eigenvalue weighted by Crippen LogP contribution is 2.21. The first-order valence-electron chi connectivity index (χ1n) is 7.86. The first kappa shape index (κ1) is 19.5. The smallest absolute Gasteiger partial charge is 0.411 e. The highest BCUT2D eigenvalue weighted by molar-refractivity contribution is 7.90. The van der Waals surface area contributed by atoms with E-state index in [1.54, 1.807) is 38.1 Å². The number of amides is 2. The van der Waals surface area contributed by atoms with Crippen LogP contribution in [0.1, 0.15) is 22.8 Å². The van der Waals surface area contributed by atoms with E-state index in [0.29, 0.717) is 16.9 Å². The van der Waals surface area contributed by atoms with Crippen molar-refractivity contribution in [1.29, 1.82) is 0 Å². The number of rotatable bonds is 5. The number of carbonyl (C=O) groups excluding carboxylic acids is 2. The fourth-order valence-electron chi connectivity index (χ4n) is 2.18. The summed E-state index contributed by atoms with van der Waals surface area (Å²) >= 11 is 0. The Bertz CT molecular complexity index is 938. The average Bonchev–Trinajstić information content (AvgIpc) is 2.56. The summed E-state index contributed by atoms with van der Waals surface area (Å²) in [7, 11) is -3.38. The highest BCUT2D eigenvalue weighted by atomic mass is 32.2. The van der Waals surface area contributed by atoms with Crippen LogP contribution in [0, 0.1) is 6.92 Å². The van der Waals surface area contributed by atoms with Crippen molar-refractivity contribution in [2.45, 2.75) is 18.7 Å². The van der Waals surface area contributed by atoms with E-state index in [-0.39, 0.29) is 11.5 Å². The van der Waals surface area contributed by atoms with E-state index in [4.69, 9.17) is 4.74 Å². The topological polar surface area (TPSA) is 102 Å². The van der Waals surface area contributed by atoms with E-state index in [0.717, 1.165) is 11.8 Å². The molecule has 0 unspecified atom stereocenters. The van der Waals surface area contributed by atoms with Gasteiger partial charge in [0.1, 0.15) is 0 Å². The van der Waals surface area contributed by atoms with Crippen LogP contribution in [-0.2, 0) is 14.6 Å². The Kier molecular flexibility index (Phi) is 5.99. The molecule has 2 aromatic rings. The molecule has 2 amide bonds. The summed E-state index contributed by atoms with van der Waals surface area (Å²) in [5.74, 6) is -0.425. The van der Waals surface area contributed by atoms with E-state index >= 15 is 0 Å². The van der Waals surface area contributed by atoms with Gasteiger partial charge in [0, 0.05) is 23.2 Å². The molecule has 0 atom stereocenters. The van der Waals surface area contributed by atoms with E-state index in [9.17, 15) is 18.0 Å². The Morgan fingerprint density at radius 1 is 1.08 bits per heavy atom. The van der Waals surface area contributed by atoms with Crippen molar-refractivity contribution >= 4 is 33.2 Å². The van der Waals surface area contributed by atoms with Crippen molar-refractivity contribution in [3.05, 3.63) is 53.6 Å². The highest BCUT2D eigenvalue weighted by Gasteiger charge is 2.13. The van der Waals surface area contributed by atoms with Crippen LogP contribution in [-0.4, -0.2) is 33.3 Å². The normalized spacial score (nSPS) is 10.9. The monoisotopic (exact) mass is 376 g/mol. The standard InChI is InChI=1S/C18H20N2O5S/c1-4-25-18(22)19-14-7-5-6-13(10-14)17(21)20-16-11-15(26(3,23)24)9-8-12(16)2/h5-11H,4H2,1-3H3,(H,19,22)(H,20,21). The summed E-state index contributed by atoms with van der Waals surface area (Å²) in [6.45, 7) is 3.69. The second-order valence-electron chi connectivity index (χ2n) is 5.63. The molecule has 8 heteroatoms. The lowest BCUT2D eigenvalue weighted by molar-refractivity contribution is 0.102. The minimum atomic E-state index is -3.38. The second-order valence-corrected chi connectivity index (χ2v) is 7.65. The minimum Gasteiger partial charge on any atom is -0.450 e. The number of carbonyl (C=O) groups is 2. The van der Waals surface area contributed by atoms with Crippen LogP contribution in [0.2, 0.25) is 0 Å². The Hall–Kier alpha value is -2.87. The van der Waals surface area contributed by atoms with E-state index < -0.39 is 21.8 Å². The number of benzene rings is 2. The molecule has 2 N–H and O–H groups in total. The second kappa shape index (κ2) is 8.01. The molecule has 0 aliphatic heterocycles. The van der Waals surface area contributed by atoms with Gasteiger partial charge >= 0.3 is 6.09 Å². The fraction of sp³-hybridized carbons (Fsp3) is 0.222. The van der Waals surface area contributed by atoms with Crippen molar-refractivity contribution in [3.63, 3.8) is 0 Å². The maximum atomic E-state index is 12.5. The summed E-state index contributed by atoms with van der Waals surface area (Å²) < 4.78 is 28.2. The molecule has 0 radical (unpaired) electrons. The van der Waals surface area contributed by atoms with Crippen LogP contribution in [0.15, 0.2) is 47.4 Å². The predicted molar refractivity (Wildman–Crippen MR) is 99.3 cm³/mol. The molecule has 0 bridgehead atoms. The van der Waals surface area contributed by atoms with Gasteiger partial charge in [-0.15, -0.1) is 0 Å². The van der Waals surface area contributed by atoms with Gasteiger partial charge in [-0.1, -0.05) is 12.1 Å². The van der Waals surface area contributed by atoms with Gasteiger partial charge in [0.05, 0.1) is 11.5 Å². The number of aryl methyl sites for hydroxylation is 1. The molecule has 0 aromatic heterocycles. The van der Waals surface area contributed by atoms with Crippen molar-refractivity contribution in [1.82, 2.24) is 0 Å². The summed E-state index contributed by atoms with van der Waals surface area (Å²) in [6.07, 6.45) is 0.495. The third-order valence-corrected chi connectivity index (χ3v) is 4.64. The Morgan fingerprint density at radius 3 is 2.46 bits per heavy atom. The largest absolute Gasteiger partial charge is 0.450 e. The van der Waals surface area contributed by atoms with Gasteiger partial charge in [0.25, 0.3) is 5.91 Å². The van der Waals surface area contributed by atoms with Crippen LogP contribution in [0.3, 0.4) is 0 Å². The number of ether oxygens (including phenoxy) is 1. The van der Waals surface area contributed by atoms with Gasteiger partial charge in [-0.05, 0) is 49.7 Å². The Balaban J connectivity index is 2.22. The molecule has 26 heavy (non-hydrogen) atoms. The molecule has 0 aliphatic carbocycles. The van der Waals surface area contributed by atoms with E-state index in [1.165, 1.54) is 18.2 Å². The molecule has 0 saturated carbocycles. The average molecular weight is 376 g/mol.